The summed E-state index contributed by atoms with van der Waals surface area (Å²) < 4.78 is 4.49. The standard InChI is InChI=1S/C8H9N3O5S/c1-2-16-8(13)10-7(12)4-3-5(11(14)15)17-6(4)9/h3H,2,9H2,1H3,(H,10,12,13). The maximum Gasteiger partial charge on any atom is 0.414 e. The molecule has 0 atom stereocenters. The zero-order valence-electron chi connectivity index (χ0n) is 8.76. The van der Waals surface area contributed by atoms with Crippen molar-refractivity contribution in [1.29, 1.82) is 0 Å². The number of anilines is 1. The molecule has 1 aromatic rings. The Bertz CT molecular complexity index is 470. The van der Waals surface area contributed by atoms with Gasteiger partial charge in [-0.3, -0.25) is 20.2 Å². The van der Waals surface area contributed by atoms with E-state index in [1.807, 2.05) is 5.32 Å². The van der Waals surface area contributed by atoms with Gasteiger partial charge in [0.05, 0.1) is 17.1 Å². The van der Waals surface area contributed by atoms with Gasteiger partial charge in [0, 0.05) is 6.07 Å². The van der Waals surface area contributed by atoms with Gasteiger partial charge in [-0.05, 0) is 18.3 Å². The maximum absolute atomic E-state index is 11.5. The second kappa shape index (κ2) is 5.25. The van der Waals surface area contributed by atoms with Gasteiger partial charge < -0.3 is 10.5 Å². The molecular formula is C8H9N3O5S. The molecule has 0 bridgehead atoms. The van der Waals surface area contributed by atoms with Gasteiger partial charge >= 0.3 is 11.1 Å². The molecule has 0 radical (unpaired) electrons. The number of hydrogen-bond acceptors (Lipinski definition) is 7. The minimum absolute atomic E-state index is 0.0292. The third-order valence-corrected chi connectivity index (χ3v) is 2.58. The summed E-state index contributed by atoms with van der Waals surface area (Å²) in [4.78, 5) is 32.2. The minimum atomic E-state index is -0.925. The lowest BCUT2D eigenvalue weighted by atomic mass is 10.3. The summed E-state index contributed by atoms with van der Waals surface area (Å²) in [6, 6.07) is 1.01. The van der Waals surface area contributed by atoms with E-state index >= 15 is 0 Å². The number of rotatable bonds is 3. The molecule has 0 aliphatic rings. The highest BCUT2D eigenvalue weighted by atomic mass is 32.1. The largest absolute Gasteiger partial charge is 0.450 e. The van der Waals surface area contributed by atoms with Gasteiger partial charge in [-0.2, -0.15) is 0 Å². The monoisotopic (exact) mass is 259 g/mol. The fourth-order valence-corrected chi connectivity index (χ4v) is 1.72. The third-order valence-electron chi connectivity index (χ3n) is 1.66. The highest BCUT2D eigenvalue weighted by Gasteiger charge is 2.21. The number of hydrogen-bond donors (Lipinski definition) is 2. The zero-order valence-corrected chi connectivity index (χ0v) is 9.58. The number of nitro groups is 1. The van der Waals surface area contributed by atoms with Gasteiger partial charge in [0.15, 0.2) is 0 Å². The summed E-state index contributed by atoms with van der Waals surface area (Å²) in [5.41, 5.74) is 5.31. The molecule has 3 N–H and O–H groups in total. The molecule has 8 nitrogen and oxygen atoms in total. The van der Waals surface area contributed by atoms with Gasteiger partial charge in [-0.25, -0.2) is 4.79 Å². The predicted octanol–water partition coefficient (Wildman–Crippen LogP) is 1.12. The molecule has 1 rings (SSSR count). The van der Waals surface area contributed by atoms with E-state index in [-0.39, 0.29) is 22.2 Å². The van der Waals surface area contributed by atoms with Crippen LogP contribution in [-0.2, 0) is 4.74 Å². The molecule has 9 heteroatoms. The maximum atomic E-state index is 11.5. The summed E-state index contributed by atoms with van der Waals surface area (Å²) in [6.07, 6.45) is -0.925. The normalized spacial score (nSPS) is 9.71. The average Bonchev–Trinajstić information content (AvgIpc) is 2.60. The van der Waals surface area contributed by atoms with Gasteiger partial charge in [-0.1, -0.05) is 0 Å². The Hall–Kier alpha value is -2.16. The van der Waals surface area contributed by atoms with E-state index in [9.17, 15) is 19.7 Å². The predicted molar refractivity (Wildman–Crippen MR) is 59.9 cm³/mol. The van der Waals surface area contributed by atoms with Gasteiger partial charge in [0.1, 0.15) is 5.00 Å². The van der Waals surface area contributed by atoms with Crippen molar-refractivity contribution in [3.05, 3.63) is 21.7 Å². The fraction of sp³-hybridized carbons (Fsp3) is 0.250. The van der Waals surface area contributed by atoms with Crippen molar-refractivity contribution in [3.8, 4) is 0 Å². The lowest BCUT2D eigenvalue weighted by Crippen LogP contribution is -2.31. The molecule has 0 unspecified atom stereocenters. The lowest BCUT2D eigenvalue weighted by molar-refractivity contribution is -0.380. The molecule has 92 valence electrons. The molecule has 0 spiro atoms. The van der Waals surface area contributed by atoms with E-state index in [4.69, 9.17) is 5.73 Å². The molecule has 0 saturated carbocycles. The molecular weight excluding hydrogens is 250 g/mol. The van der Waals surface area contributed by atoms with Crippen LogP contribution in [0, 0.1) is 10.1 Å². The van der Waals surface area contributed by atoms with Crippen molar-refractivity contribution in [3.63, 3.8) is 0 Å². The number of nitrogens with one attached hydrogen (secondary N) is 1. The topological polar surface area (TPSA) is 125 Å². The van der Waals surface area contributed by atoms with Crippen LogP contribution in [0.15, 0.2) is 6.07 Å². The first-order valence-electron chi connectivity index (χ1n) is 4.47. The number of thiophene rings is 1. The highest BCUT2D eigenvalue weighted by Crippen LogP contribution is 2.30. The average molecular weight is 259 g/mol. The van der Waals surface area contributed by atoms with Crippen LogP contribution in [0.4, 0.5) is 14.8 Å². The number of nitrogens with zero attached hydrogens (tertiary/aromatic N) is 1. The van der Waals surface area contributed by atoms with E-state index in [0.717, 1.165) is 6.07 Å². The van der Waals surface area contributed by atoms with Crippen molar-refractivity contribution >= 4 is 33.3 Å². The SMILES string of the molecule is CCOC(=O)NC(=O)c1cc([N+](=O)[O-])sc1N. The van der Waals surface area contributed by atoms with E-state index in [1.54, 1.807) is 6.92 Å². The number of nitrogen functional groups attached to an aromatic ring is 1. The molecule has 0 fully saturated rings. The summed E-state index contributed by atoms with van der Waals surface area (Å²) >= 11 is 0.657. The van der Waals surface area contributed by atoms with E-state index in [2.05, 4.69) is 4.74 Å². The van der Waals surface area contributed by atoms with Crippen molar-refractivity contribution in [2.45, 2.75) is 6.92 Å². The Morgan fingerprint density at radius 2 is 2.29 bits per heavy atom. The summed E-state index contributed by atoms with van der Waals surface area (Å²) in [5, 5.41) is 12.0. The van der Waals surface area contributed by atoms with Gasteiger partial charge in [0.2, 0.25) is 0 Å². The van der Waals surface area contributed by atoms with Crippen LogP contribution in [0.3, 0.4) is 0 Å². The van der Waals surface area contributed by atoms with Crippen molar-refractivity contribution in [2.24, 2.45) is 0 Å². The number of alkyl carbamates (subject to hydrolysis) is 1. The van der Waals surface area contributed by atoms with Crippen LogP contribution in [-0.4, -0.2) is 23.5 Å². The van der Waals surface area contributed by atoms with Crippen LogP contribution >= 0.6 is 11.3 Å². The van der Waals surface area contributed by atoms with Gasteiger partial charge in [-0.15, -0.1) is 0 Å². The molecule has 17 heavy (non-hydrogen) atoms. The van der Waals surface area contributed by atoms with Crippen LogP contribution in [0.5, 0.6) is 0 Å². The molecule has 0 aliphatic carbocycles. The second-order valence-corrected chi connectivity index (χ2v) is 3.86. The Balaban J connectivity index is 2.82. The number of nitrogens with two attached hydrogens (primary N) is 1. The molecule has 0 saturated heterocycles. The Morgan fingerprint density at radius 3 is 2.76 bits per heavy atom. The molecule has 2 amide bonds. The Labute approximate surface area is 99.5 Å². The van der Waals surface area contributed by atoms with Crippen LogP contribution in [0.2, 0.25) is 0 Å². The van der Waals surface area contributed by atoms with Crippen LogP contribution in [0.1, 0.15) is 17.3 Å². The summed E-state index contributed by atoms with van der Waals surface area (Å²) in [6.45, 7) is 1.69. The fourth-order valence-electron chi connectivity index (χ4n) is 0.986. The molecule has 1 aromatic heterocycles. The van der Waals surface area contributed by atoms with Gasteiger partial charge in [0.25, 0.3) is 5.91 Å². The van der Waals surface area contributed by atoms with Crippen LogP contribution < -0.4 is 11.1 Å². The minimum Gasteiger partial charge on any atom is -0.450 e. The number of amides is 2. The van der Waals surface area contributed by atoms with E-state index < -0.39 is 16.9 Å². The van der Waals surface area contributed by atoms with E-state index in [1.165, 1.54) is 0 Å². The zero-order chi connectivity index (χ0) is 13.0. The second-order valence-electron chi connectivity index (χ2n) is 2.79. The Morgan fingerprint density at radius 1 is 1.65 bits per heavy atom. The number of ether oxygens (including phenoxy) is 1. The third kappa shape index (κ3) is 3.14. The van der Waals surface area contributed by atoms with Crippen molar-refractivity contribution < 1.29 is 19.2 Å². The number of imide groups is 1. The number of carbonyl (C=O) groups is 2. The highest BCUT2D eigenvalue weighted by molar-refractivity contribution is 7.19. The first-order chi connectivity index (χ1) is 7.95. The first kappa shape index (κ1) is 12.9. The Kier molecular flexibility index (Phi) is 3.99. The van der Waals surface area contributed by atoms with Crippen molar-refractivity contribution in [1.82, 2.24) is 5.32 Å². The first-order valence-corrected chi connectivity index (χ1v) is 5.29. The van der Waals surface area contributed by atoms with Crippen LogP contribution in [0.25, 0.3) is 0 Å². The smallest absolute Gasteiger partial charge is 0.414 e. The quantitative estimate of drug-likeness (QED) is 0.619. The summed E-state index contributed by atoms with van der Waals surface area (Å²) in [5.74, 6) is -0.828. The lowest BCUT2D eigenvalue weighted by Gasteiger charge is -2.02. The molecule has 1 heterocycles. The van der Waals surface area contributed by atoms with Crippen molar-refractivity contribution in [2.75, 3.05) is 12.3 Å². The molecule has 0 aromatic carbocycles. The van der Waals surface area contributed by atoms with E-state index in [0.29, 0.717) is 11.3 Å². The number of carbonyl (C=O) groups excluding carboxylic acids is 2. The summed E-state index contributed by atoms with van der Waals surface area (Å²) in [7, 11) is 0. The molecule has 0 aliphatic heterocycles.